The SMILES string of the molecule is N#Cc1cccc(NC(=O)N2C[C@H]3CC(c4ccccc4)C[C@H]3C2)c1. The van der Waals surface area contributed by atoms with E-state index in [9.17, 15) is 4.79 Å². The Kier molecular flexibility index (Phi) is 4.15. The molecule has 3 atom stereocenters. The Morgan fingerprint density at radius 3 is 2.44 bits per heavy atom. The third-order valence-corrected chi connectivity index (χ3v) is 5.55. The van der Waals surface area contributed by atoms with E-state index in [0.29, 0.717) is 29.0 Å². The predicted octanol–water partition coefficient (Wildman–Crippen LogP) is 4.22. The van der Waals surface area contributed by atoms with Crippen LogP contribution in [0.25, 0.3) is 0 Å². The molecule has 2 aromatic carbocycles. The number of hydrogen-bond donors (Lipinski definition) is 1. The minimum atomic E-state index is -0.0549. The van der Waals surface area contributed by atoms with Gasteiger partial charge in [-0.2, -0.15) is 5.26 Å². The van der Waals surface area contributed by atoms with E-state index in [-0.39, 0.29) is 6.03 Å². The molecule has 1 aliphatic carbocycles. The number of nitrogens with zero attached hydrogens (tertiary/aromatic N) is 2. The first-order chi connectivity index (χ1) is 12.2. The largest absolute Gasteiger partial charge is 0.324 e. The average Bonchev–Trinajstić information content (AvgIpc) is 3.22. The van der Waals surface area contributed by atoms with Gasteiger partial charge in [0, 0.05) is 18.8 Å². The normalized spacial score (nSPS) is 24.6. The third-order valence-electron chi connectivity index (χ3n) is 5.55. The van der Waals surface area contributed by atoms with Gasteiger partial charge in [0.15, 0.2) is 0 Å². The van der Waals surface area contributed by atoms with Crippen molar-refractivity contribution >= 4 is 11.7 Å². The van der Waals surface area contributed by atoms with Gasteiger partial charge in [0.1, 0.15) is 0 Å². The zero-order valence-electron chi connectivity index (χ0n) is 14.1. The highest BCUT2D eigenvalue weighted by Crippen LogP contribution is 2.46. The lowest BCUT2D eigenvalue weighted by atomic mass is 9.96. The molecule has 4 heteroatoms. The number of anilines is 1. The summed E-state index contributed by atoms with van der Waals surface area (Å²) in [5, 5.41) is 11.9. The Bertz CT molecular complexity index is 797. The number of amides is 2. The molecule has 1 saturated carbocycles. The highest BCUT2D eigenvalue weighted by molar-refractivity contribution is 5.89. The number of carbonyl (C=O) groups is 1. The van der Waals surface area contributed by atoms with Crippen LogP contribution in [0.4, 0.5) is 10.5 Å². The second-order valence-electron chi connectivity index (χ2n) is 7.13. The molecule has 0 bridgehead atoms. The third kappa shape index (κ3) is 3.23. The summed E-state index contributed by atoms with van der Waals surface area (Å²) < 4.78 is 0. The van der Waals surface area contributed by atoms with Gasteiger partial charge in [-0.05, 0) is 54.4 Å². The maximum absolute atomic E-state index is 12.5. The number of rotatable bonds is 2. The highest BCUT2D eigenvalue weighted by atomic mass is 16.2. The molecule has 126 valence electrons. The molecule has 4 rings (SSSR count). The maximum Gasteiger partial charge on any atom is 0.321 e. The Morgan fingerprint density at radius 2 is 1.76 bits per heavy atom. The van der Waals surface area contributed by atoms with Gasteiger partial charge in [-0.3, -0.25) is 0 Å². The molecule has 2 amide bonds. The molecule has 25 heavy (non-hydrogen) atoms. The second kappa shape index (κ2) is 6.60. The van der Waals surface area contributed by atoms with E-state index in [1.54, 1.807) is 18.2 Å². The van der Waals surface area contributed by atoms with Crippen molar-refractivity contribution in [3.8, 4) is 6.07 Å². The van der Waals surface area contributed by atoms with Gasteiger partial charge in [-0.1, -0.05) is 36.4 Å². The number of benzene rings is 2. The van der Waals surface area contributed by atoms with Crippen LogP contribution in [0.3, 0.4) is 0 Å². The Balaban J connectivity index is 1.36. The lowest BCUT2D eigenvalue weighted by Gasteiger charge is -2.20. The van der Waals surface area contributed by atoms with Crippen molar-refractivity contribution in [2.24, 2.45) is 11.8 Å². The Labute approximate surface area is 148 Å². The molecule has 0 aromatic heterocycles. The van der Waals surface area contributed by atoms with Crippen LogP contribution in [0.5, 0.6) is 0 Å². The van der Waals surface area contributed by atoms with E-state index in [1.165, 1.54) is 18.4 Å². The van der Waals surface area contributed by atoms with Crippen LogP contribution in [0.1, 0.15) is 29.9 Å². The second-order valence-corrected chi connectivity index (χ2v) is 7.13. The van der Waals surface area contributed by atoms with Crippen LogP contribution in [0.15, 0.2) is 54.6 Å². The zero-order chi connectivity index (χ0) is 17.2. The lowest BCUT2D eigenvalue weighted by molar-refractivity contribution is 0.218. The van der Waals surface area contributed by atoms with E-state index < -0.39 is 0 Å². The van der Waals surface area contributed by atoms with Crippen molar-refractivity contribution in [3.05, 3.63) is 65.7 Å². The smallest absolute Gasteiger partial charge is 0.321 e. The van der Waals surface area contributed by atoms with Gasteiger partial charge < -0.3 is 10.2 Å². The number of nitrogens with one attached hydrogen (secondary N) is 1. The summed E-state index contributed by atoms with van der Waals surface area (Å²) in [6.45, 7) is 1.66. The fourth-order valence-corrected chi connectivity index (χ4v) is 4.33. The van der Waals surface area contributed by atoms with Crippen molar-refractivity contribution in [2.45, 2.75) is 18.8 Å². The molecule has 1 unspecified atom stereocenters. The van der Waals surface area contributed by atoms with Gasteiger partial charge in [-0.15, -0.1) is 0 Å². The Hall–Kier alpha value is -2.80. The minimum Gasteiger partial charge on any atom is -0.324 e. The van der Waals surface area contributed by atoms with Crippen LogP contribution in [-0.4, -0.2) is 24.0 Å². The van der Waals surface area contributed by atoms with E-state index in [1.807, 2.05) is 11.0 Å². The van der Waals surface area contributed by atoms with Crippen molar-refractivity contribution in [3.63, 3.8) is 0 Å². The van der Waals surface area contributed by atoms with Gasteiger partial charge in [0.2, 0.25) is 0 Å². The van der Waals surface area contributed by atoms with Crippen LogP contribution < -0.4 is 5.32 Å². The summed E-state index contributed by atoms with van der Waals surface area (Å²) in [4.78, 5) is 14.5. The number of nitriles is 1. The van der Waals surface area contributed by atoms with Gasteiger partial charge >= 0.3 is 6.03 Å². The van der Waals surface area contributed by atoms with Crippen LogP contribution in [-0.2, 0) is 0 Å². The topological polar surface area (TPSA) is 56.1 Å². The molecule has 0 radical (unpaired) electrons. The quantitative estimate of drug-likeness (QED) is 0.896. The number of urea groups is 1. The molecule has 1 aliphatic heterocycles. The number of carbonyl (C=O) groups excluding carboxylic acids is 1. The number of fused-ring (bicyclic) bond motifs is 1. The molecule has 0 spiro atoms. The lowest BCUT2D eigenvalue weighted by Crippen LogP contribution is -2.33. The predicted molar refractivity (Wildman–Crippen MR) is 97.1 cm³/mol. The number of hydrogen-bond acceptors (Lipinski definition) is 2. The fraction of sp³-hybridized carbons (Fsp3) is 0.333. The molecule has 4 nitrogen and oxygen atoms in total. The first-order valence-electron chi connectivity index (χ1n) is 8.84. The summed E-state index contributed by atoms with van der Waals surface area (Å²) >= 11 is 0. The first-order valence-corrected chi connectivity index (χ1v) is 8.84. The van der Waals surface area contributed by atoms with Gasteiger partial charge in [0.25, 0.3) is 0 Å². The van der Waals surface area contributed by atoms with Gasteiger partial charge in [-0.25, -0.2) is 4.79 Å². The average molecular weight is 331 g/mol. The van der Waals surface area contributed by atoms with E-state index in [0.717, 1.165) is 13.1 Å². The molecule has 2 aromatic rings. The van der Waals surface area contributed by atoms with Crippen LogP contribution in [0.2, 0.25) is 0 Å². The summed E-state index contributed by atoms with van der Waals surface area (Å²) in [6.07, 6.45) is 2.34. The molecular formula is C21H21N3O. The summed E-state index contributed by atoms with van der Waals surface area (Å²) in [6, 6.07) is 19.8. The molecule has 1 heterocycles. The summed E-state index contributed by atoms with van der Waals surface area (Å²) in [7, 11) is 0. The van der Waals surface area contributed by atoms with E-state index in [4.69, 9.17) is 5.26 Å². The standard InChI is InChI=1S/C21H21N3O/c22-12-15-5-4-8-20(9-15)23-21(25)24-13-18-10-17(11-19(18)14-24)16-6-2-1-3-7-16/h1-9,17-19H,10-11,13-14H2,(H,23,25)/t17?,18-,19+. The monoisotopic (exact) mass is 331 g/mol. The number of likely N-dealkylation sites (tertiary alicyclic amines) is 1. The zero-order valence-corrected chi connectivity index (χ0v) is 14.1. The van der Waals surface area contributed by atoms with Crippen molar-refractivity contribution in [2.75, 3.05) is 18.4 Å². The van der Waals surface area contributed by atoms with Crippen molar-refractivity contribution in [1.82, 2.24) is 4.90 Å². The van der Waals surface area contributed by atoms with Crippen molar-refractivity contribution in [1.29, 1.82) is 5.26 Å². The molecule has 1 saturated heterocycles. The van der Waals surface area contributed by atoms with Gasteiger partial charge in [0.05, 0.1) is 11.6 Å². The molecular weight excluding hydrogens is 310 g/mol. The highest BCUT2D eigenvalue weighted by Gasteiger charge is 2.42. The minimum absolute atomic E-state index is 0.0549. The van der Waals surface area contributed by atoms with E-state index in [2.05, 4.69) is 41.7 Å². The summed E-state index contributed by atoms with van der Waals surface area (Å²) in [5.74, 6) is 1.83. The first kappa shape index (κ1) is 15.7. The van der Waals surface area contributed by atoms with Crippen molar-refractivity contribution < 1.29 is 4.79 Å². The maximum atomic E-state index is 12.5. The van der Waals surface area contributed by atoms with Crippen LogP contribution in [0, 0.1) is 23.2 Å². The fourth-order valence-electron chi connectivity index (χ4n) is 4.33. The van der Waals surface area contributed by atoms with E-state index >= 15 is 0 Å². The molecule has 2 aliphatic rings. The molecule has 2 fully saturated rings. The summed E-state index contributed by atoms with van der Waals surface area (Å²) in [5.41, 5.74) is 2.67. The van der Waals surface area contributed by atoms with Crippen LogP contribution >= 0.6 is 0 Å². The molecule has 1 N–H and O–H groups in total. The Morgan fingerprint density at radius 1 is 1.04 bits per heavy atom.